The summed E-state index contributed by atoms with van der Waals surface area (Å²) in [4.78, 5) is 0. The quantitative estimate of drug-likeness (QED) is 0.893. The van der Waals surface area contributed by atoms with Crippen molar-refractivity contribution >= 4 is 15.7 Å². The molecular formula is C12H17NO3S. The average Bonchev–Trinajstić information content (AvgIpc) is 2.28. The summed E-state index contributed by atoms with van der Waals surface area (Å²) >= 11 is 0. The molecule has 94 valence electrons. The second kappa shape index (κ2) is 4.66. The number of hydrogen-bond donors (Lipinski definition) is 1. The highest BCUT2D eigenvalue weighted by molar-refractivity contribution is 7.92. The second-order valence-corrected chi connectivity index (χ2v) is 6.22. The van der Waals surface area contributed by atoms with Crippen LogP contribution < -0.4 is 4.31 Å². The van der Waals surface area contributed by atoms with Crippen LogP contribution in [0.4, 0.5) is 5.69 Å². The number of hydrogen-bond acceptors (Lipinski definition) is 3. The van der Waals surface area contributed by atoms with Crippen molar-refractivity contribution in [1.29, 1.82) is 0 Å². The molecule has 4 nitrogen and oxygen atoms in total. The molecule has 1 N–H and O–H groups in total. The lowest BCUT2D eigenvalue weighted by molar-refractivity contribution is 0.200. The molecular weight excluding hydrogens is 238 g/mol. The first-order valence-corrected chi connectivity index (χ1v) is 7.44. The maximum Gasteiger partial charge on any atom is 0.238 e. The van der Waals surface area contributed by atoms with Gasteiger partial charge in [0.25, 0.3) is 0 Å². The summed E-state index contributed by atoms with van der Waals surface area (Å²) in [5.41, 5.74) is 1.33. The van der Waals surface area contributed by atoms with Crippen molar-refractivity contribution in [2.45, 2.75) is 25.9 Å². The highest BCUT2D eigenvalue weighted by Gasteiger charge is 2.34. The fourth-order valence-electron chi connectivity index (χ4n) is 2.09. The van der Waals surface area contributed by atoms with Crippen LogP contribution in [0.2, 0.25) is 0 Å². The third-order valence-corrected chi connectivity index (χ3v) is 4.77. The summed E-state index contributed by atoms with van der Waals surface area (Å²) in [5, 5.41) is 9.83. The zero-order valence-corrected chi connectivity index (χ0v) is 10.7. The first kappa shape index (κ1) is 12.4. The number of para-hydroxylation sites is 1. The van der Waals surface area contributed by atoms with Crippen LogP contribution in [0.25, 0.3) is 0 Å². The van der Waals surface area contributed by atoms with Gasteiger partial charge in [0.1, 0.15) is 0 Å². The lowest BCUT2D eigenvalue weighted by Crippen LogP contribution is -2.40. The van der Waals surface area contributed by atoms with Gasteiger partial charge in [-0.05, 0) is 12.5 Å². The molecule has 1 atom stereocenters. The van der Waals surface area contributed by atoms with Crippen LogP contribution in [0.1, 0.15) is 31.4 Å². The van der Waals surface area contributed by atoms with E-state index < -0.39 is 16.1 Å². The molecule has 5 heteroatoms. The smallest absolute Gasteiger partial charge is 0.238 e. The van der Waals surface area contributed by atoms with Gasteiger partial charge in [-0.3, -0.25) is 4.31 Å². The third kappa shape index (κ3) is 2.30. The van der Waals surface area contributed by atoms with E-state index in [0.29, 0.717) is 17.8 Å². The lowest BCUT2D eigenvalue weighted by Gasteiger charge is -2.33. The van der Waals surface area contributed by atoms with Gasteiger partial charge < -0.3 is 5.11 Å². The van der Waals surface area contributed by atoms with E-state index in [1.807, 2.05) is 13.0 Å². The average molecular weight is 255 g/mol. The van der Waals surface area contributed by atoms with Gasteiger partial charge in [-0.15, -0.1) is 0 Å². The maximum atomic E-state index is 12.0. The van der Waals surface area contributed by atoms with E-state index >= 15 is 0 Å². The first-order valence-electron chi connectivity index (χ1n) is 5.83. The van der Waals surface area contributed by atoms with Gasteiger partial charge in [0.2, 0.25) is 10.0 Å². The Bertz CT molecular complexity index is 498. The summed E-state index contributed by atoms with van der Waals surface area (Å²) < 4.78 is 25.5. The molecule has 2 rings (SSSR count). The molecule has 0 aromatic heterocycles. The Morgan fingerprint density at radius 2 is 2.12 bits per heavy atom. The molecule has 0 radical (unpaired) electrons. The highest BCUT2D eigenvalue weighted by atomic mass is 32.2. The third-order valence-electron chi connectivity index (χ3n) is 2.98. The molecule has 0 saturated carbocycles. The summed E-state index contributed by atoms with van der Waals surface area (Å²) in [5.74, 6) is -0.215. The molecule has 0 fully saturated rings. The van der Waals surface area contributed by atoms with Crippen LogP contribution in [0.15, 0.2) is 24.3 Å². The first-order chi connectivity index (χ1) is 8.06. The van der Waals surface area contributed by atoms with Crippen LogP contribution in [-0.4, -0.2) is 25.8 Å². The van der Waals surface area contributed by atoms with Crippen LogP contribution in [0, 0.1) is 0 Å². The molecule has 17 heavy (non-hydrogen) atoms. The van der Waals surface area contributed by atoms with E-state index in [1.165, 1.54) is 4.31 Å². The largest absolute Gasteiger partial charge is 0.387 e. The summed E-state index contributed by atoms with van der Waals surface area (Å²) in [7, 11) is -3.38. The number of aliphatic hydroxyl groups is 1. The molecule has 0 aliphatic carbocycles. The minimum Gasteiger partial charge on any atom is -0.387 e. The van der Waals surface area contributed by atoms with Crippen LogP contribution in [0.3, 0.4) is 0 Å². The number of fused-ring (bicyclic) bond motifs is 1. The second-order valence-electron chi connectivity index (χ2n) is 4.28. The molecule has 1 aromatic rings. The van der Waals surface area contributed by atoms with E-state index in [1.54, 1.807) is 18.2 Å². The molecule has 1 heterocycles. The van der Waals surface area contributed by atoms with Crippen molar-refractivity contribution in [2.75, 3.05) is 16.6 Å². The van der Waals surface area contributed by atoms with Gasteiger partial charge in [0.15, 0.2) is 0 Å². The lowest BCUT2D eigenvalue weighted by atomic mass is 10.1. The molecule has 0 unspecified atom stereocenters. The van der Waals surface area contributed by atoms with E-state index in [4.69, 9.17) is 0 Å². The van der Waals surface area contributed by atoms with Crippen molar-refractivity contribution < 1.29 is 13.5 Å². The summed E-state index contributed by atoms with van der Waals surface area (Å²) in [6, 6.07) is 7.15. The predicted molar refractivity (Wildman–Crippen MR) is 67.4 cm³/mol. The number of unbranched alkanes of at least 4 members (excludes halogenated alkanes) is 1. The molecule has 1 aromatic carbocycles. The van der Waals surface area contributed by atoms with Crippen LogP contribution >= 0.6 is 0 Å². The fraction of sp³-hybridized carbons (Fsp3) is 0.500. The van der Waals surface area contributed by atoms with Crippen molar-refractivity contribution in [3.05, 3.63) is 29.8 Å². The van der Waals surface area contributed by atoms with E-state index in [0.717, 1.165) is 12.8 Å². The minimum absolute atomic E-state index is 0.215. The normalized spacial score (nSPS) is 22.2. The molecule has 0 amide bonds. The van der Waals surface area contributed by atoms with Gasteiger partial charge in [-0.25, -0.2) is 8.42 Å². The number of rotatable bonds is 3. The fourth-order valence-corrected chi connectivity index (χ4v) is 3.72. The Morgan fingerprint density at radius 3 is 2.82 bits per heavy atom. The summed E-state index contributed by atoms with van der Waals surface area (Å²) in [6.07, 6.45) is 0.856. The van der Waals surface area contributed by atoms with Gasteiger partial charge >= 0.3 is 0 Å². The zero-order chi connectivity index (χ0) is 12.5. The molecule has 1 aliphatic heterocycles. The molecule has 0 spiro atoms. The van der Waals surface area contributed by atoms with E-state index in [2.05, 4.69) is 0 Å². The maximum absolute atomic E-state index is 12.0. The van der Waals surface area contributed by atoms with E-state index in [9.17, 15) is 13.5 Å². The van der Waals surface area contributed by atoms with Crippen LogP contribution in [-0.2, 0) is 10.0 Å². The Labute approximate surface area is 102 Å². The number of anilines is 1. The van der Waals surface area contributed by atoms with E-state index in [-0.39, 0.29) is 5.75 Å². The highest BCUT2D eigenvalue weighted by Crippen LogP contribution is 2.34. The SMILES string of the molecule is CCCCN1c2ccccc2[C@H](O)CS1(=O)=O. The monoisotopic (exact) mass is 255 g/mol. The van der Waals surface area contributed by atoms with Gasteiger partial charge in [-0.2, -0.15) is 0 Å². The van der Waals surface area contributed by atoms with Gasteiger partial charge in [0.05, 0.1) is 17.5 Å². The number of aliphatic hydroxyl groups excluding tert-OH is 1. The van der Waals surface area contributed by atoms with Crippen molar-refractivity contribution in [1.82, 2.24) is 0 Å². The van der Waals surface area contributed by atoms with Crippen molar-refractivity contribution in [2.24, 2.45) is 0 Å². The number of sulfonamides is 1. The molecule has 0 bridgehead atoms. The van der Waals surface area contributed by atoms with Gasteiger partial charge in [-0.1, -0.05) is 31.5 Å². The minimum atomic E-state index is -3.38. The zero-order valence-electron chi connectivity index (χ0n) is 9.83. The molecule has 1 aliphatic rings. The summed E-state index contributed by atoms with van der Waals surface area (Å²) in [6.45, 7) is 2.51. The topological polar surface area (TPSA) is 57.6 Å². The van der Waals surface area contributed by atoms with Crippen LogP contribution in [0.5, 0.6) is 0 Å². The van der Waals surface area contributed by atoms with Gasteiger partial charge in [0, 0.05) is 12.1 Å². The molecule has 0 saturated heterocycles. The Balaban J connectivity index is 2.44. The number of nitrogens with zero attached hydrogens (tertiary/aromatic N) is 1. The Kier molecular flexibility index (Phi) is 3.40. The van der Waals surface area contributed by atoms with Crippen molar-refractivity contribution in [3.8, 4) is 0 Å². The predicted octanol–water partition coefficient (Wildman–Crippen LogP) is 1.67. The van der Waals surface area contributed by atoms with Crippen molar-refractivity contribution in [3.63, 3.8) is 0 Å². The standard InChI is InChI=1S/C12H17NO3S/c1-2-3-8-13-11-7-5-4-6-10(11)12(14)9-17(13,15)16/h4-7,12,14H,2-3,8-9H2,1H3/t12-/m1/s1. The Hall–Kier alpha value is -1.07. The Morgan fingerprint density at radius 1 is 1.41 bits per heavy atom. The number of benzene rings is 1.